The summed E-state index contributed by atoms with van der Waals surface area (Å²) in [4.78, 5) is 0. The van der Waals surface area contributed by atoms with E-state index in [1.54, 1.807) is 36.0 Å². The molecule has 96 valence electrons. The van der Waals surface area contributed by atoms with Gasteiger partial charge in [0.2, 0.25) is 0 Å². The van der Waals surface area contributed by atoms with Crippen LogP contribution in [0.2, 0.25) is 0 Å². The molecule has 1 unspecified atom stereocenters. The van der Waals surface area contributed by atoms with Crippen molar-refractivity contribution >= 4 is 0 Å². The molecule has 4 heteroatoms. The van der Waals surface area contributed by atoms with Gasteiger partial charge in [0.25, 0.3) is 0 Å². The molecular weight excluding hydrogens is 231 g/mol. The highest BCUT2D eigenvalue weighted by molar-refractivity contribution is 5.30. The lowest BCUT2D eigenvalue weighted by atomic mass is 10.0. The standard InChI is InChI=1S/C14H17FN2O/c1-9(2)17-13(6-7-16-17)14(18)11-4-5-12(15)10(3)8-11/h4-9,14,18H,1-3H3. The lowest BCUT2D eigenvalue weighted by Crippen LogP contribution is -2.12. The van der Waals surface area contributed by atoms with E-state index in [1.807, 2.05) is 13.8 Å². The number of benzene rings is 1. The fourth-order valence-corrected chi connectivity index (χ4v) is 1.98. The van der Waals surface area contributed by atoms with Gasteiger partial charge in [0, 0.05) is 12.2 Å². The van der Waals surface area contributed by atoms with Crippen molar-refractivity contribution in [1.29, 1.82) is 0 Å². The fraction of sp³-hybridized carbons (Fsp3) is 0.357. The fourth-order valence-electron chi connectivity index (χ4n) is 1.98. The quantitative estimate of drug-likeness (QED) is 0.906. The van der Waals surface area contributed by atoms with E-state index in [-0.39, 0.29) is 11.9 Å². The van der Waals surface area contributed by atoms with Crippen LogP contribution in [0.4, 0.5) is 4.39 Å². The molecule has 0 amide bonds. The lowest BCUT2D eigenvalue weighted by molar-refractivity contribution is 0.205. The maximum atomic E-state index is 13.2. The molecule has 18 heavy (non-hydrogen) atoms. The minimum atomic E-state index is -0.783. The van der Waals surface area contributed by atoms with Gasteiger partial charge in [-0.2, -0.15) is 5.10 Å². The van der Waals surface area contributed by atoms with Crippen molar-refractivity contribution in [3.8, 4) is 0 Å². The number of rotatable bonds is 3. The minimum Gasteiger partial charge on any atom is -0.382 e. The number of aliphatic hydroxyl groups excluding tert-OH is 1. The van der Waals surface area contributed by atoms with Crippen LogP contribution >= 0.6 is 0 Å². The van der Waals surface area contributed by atoms with E-state index in [9.17, 15) is 9.50 Å². The second-order valence-corrected chi connectivity index (χ2v) is 4.71. The molecule has 0 radical (unpaired) electrons. The first-order chi connectivity index (χ1) is 8.50. The van der Waals surface area contributed by atoms with Gasteiger partial charge < -0.3 is 5.11 Å². The largest absolute Gasteiger partial charge is 0.382 e. The molecule has 0 saturated heterocycles. The summed E-state index contributed by atoms with van der Waals surface area (Å²) in [5, 5.41) is 14.5. The summed E-state index contributed by atoms with van der Waals surface area (Å²) in [6.45, 7) is 5.68. The van der Waals surface area contributed by atoms with Crippen LogP contribution < -0.4 is 0 Å². The Kier molecular flexibility index (Phi) is 3.48. The number of aryl methyl sites for hydroxylation is 1. The Hall–Kier alpha value is -1.68. The molecule has 0 saturated carbocycles. The topological polar surface area (TPSA) is 38.1 Å². The van der Waals surface area contributed by atoms with Crippen LogP contribution in [0, 0.1) is 12.7 Å². The number of hydrogen-bond acceptors (Lipinski definition) is 2. The molecule has 1 aromatic carbocycles. The third-order valence-electron chi connectivity index (χ3n) is 2.97. The monoisotopic (exact) mass is 248 g/mol. The van der Waals surface area contributed by atoms with E-state index < -0.39 is 6.10 Å². The third-order valence-corrected chi connectivity index (χ3v) is 2.97. The van der Waals surface area contributed by atoms with Crippen LogP contribution in [-0.4, -0.2) is 14.9 Å². The summed E-state index contributed by atoms with van der Waals surface area (Å²) < 4.78 is 15.0. The van der Waals surface area contributed by atoms with Crippen molar-refractivity contribution in [3.05, 3.63) is 53.1 Å². The summed E-state index contributed by atoms with van der Waals surface area (Å²) in [6.07, 6.45) is 0.878. The van der Waals surface area contributed by atoms with Crippen LogP contribution in [0.15, 0.2) is 30.5 Å². The third kappa shape index (κ3) is 2.29. The van der Waals surface area contributed by atoms with Crippen LogP contribution in [0.25, 0.3) is 0 Å². The van der Waals surface area contributed by atoms with E-state index in [0.717, 1.165) is 5.69 Å². The summed E-state index contributed by atoms with van der Waals surface area (Å²) in [5.41, 5.74) is 1.93. The van der Waals surface area contributed by atoms with Crippen LogP contribution in [0.3, 0.4) is 0 Å². The lowest BCUT2D eigenvalue weighted by Gasteiger charge is -2.16. The molecule has 1 atom stereocenters. The average molecular weight is 248 g/mol. The van der Waals surface area contributed by atoms with Crippen molar-refractivity contribution < 1.29 is 9.50 Å². The highest BCUT2D eigenvalue weighted by Crippen LogP contribution is 2.25. The smallest absolute Gasteiger partial charge is 0.126 e. The van der Waals surface area contributed by atoms with Crippen LogP contribution in [0.1, 0.15) is 42.8 Å². The molecular formula is C14H17FN2O. The van der Waals surface area contributed by atoms with Gasteiger partial charge in [-0.3, -0.25) is 4.68 Å². The van der Waals surface area contributed by atoms with Crippen molar-refractivity contribution in [2.75, 3.05) is 0 Å². The van der Waals surface area contributed by atoms with Crippen molar-refractivity contribution in [2.24, 2.45) is 0 Å². The SMILES string of the molecule is Cc1cc(C(O)c2ccnn2C(C)C)ccc1F. The summed E-state index contributed by atoms with van der Waals surface area (Å²) in [5.74, 6) is -0.261. The van der Waals surface area contributed by atoms with Gasteiger partial charge in [-0.15, -0.1) is 0 Å². The van der Waals surface area contributed by atoms with E-state index >= 15 is 0 Å². The summed E-state index contributed by atoms with van der Waals surface area (Å²) in [7, 11) is 0. The highest BCUT2D eigenvalue weighted by atomic mass is 19.1. The molecule has 0 bridgehead atoms. The first-order valence-corrected chi connectivity index (χ1v) is 5.98. The number of hydrogen-bond donors (Lipinski definition) is 1. The Morgan fingerprint density at radius 2 is 2.00 bits per heavy atom. The molecule has 2 rings (SSSR count). The zero-order chi connectivity index (χ0) is 13.3. The second-order valence-electron chi connectivity index (χ2n) is 4.71. The number of halogens is 1. The first-order valence-electron chi connectivity index (χ1n) is 5.98. The van der Waals surface area contributed by atoms with Gasteiger partial charge in [-0.25, -0.2) is 4.39 Å². The second kappa shape index (κ2) is 4.90. The van der Waals surface area contributed by atoms with E-state index in [0.29, 0.717) is 11.1 Å². The average Bonchev–Trinajstić information content (AvgIpc) is 2.81. The maximum absolute atomic E-state index is 13.2. The highest BCUT2D eigenvalue weighted by Gasteiger charge is 2.17. The molecule has 0 fully saturated rings. The molecule has 0 spiro atoms. The zero-order valence-electron chi connectivity index (χ0n) is 10.8. The Morgan fingerprint density at radius 1 is 1.28 bits per heavy atom. The predicted molar refractivity (Wildman–Crippen MR) is 67.8 cm³/mol. The Labute approximate surface area is 106 Å². The van der Waals surface area contributed by atoms with Crippen molar-refractivity contribution in [3.63, 3.8) is 0 Å². The van der Waals surface area contributed by atoms with Gasteiger partial charge >= 0.3 is 0 Å². The van der Waals surface area contributed by atoms with Gasteiger partial charge in [0.05, 0.1) is 5.69 Å². The molecule has 1 heterocycles. The van der Waals surface area contributed by atoms with Crippen LogP contribution in [-0.2, 0) is 0 Å². The van der Waals surface area contributed by atoms with E-state index in [1.165, 1.54) is 6.07 Å². The normalized spacial score (nSPS) is 13.0. The van der Waals surface area contributed by atoms with Crippen molar-refractivity contribution in [2.45, 2.75) is 32.9 Å². The Balaban J connectivity index is 2.38. The number of aliphatic hydroxyl groups is 1. The minimum absolute atomic E-state index is 0.172. The molecule has 1 aromatic heterocycles. The maximum Gasteiger partial charge on any atom is 0.126 e. The molecule has 3 nitrogen and oxygen atoms in total. The molecule has 2 aromatic rings. The Morgan fingerprint density at radius 3 is 2.61 bits per heavy atom. The van der Waals surface area contributed by atoms with Gasteiger partial charge in [-0.05, 0) is 44.0 Å². The Bertz CT molecular complexity index is 548. The molecule has 0 aliphatic heterocycles. The summed E-state index contributed by atoms with van der Waals surface area (Å²) >= 11 is 0. The number of aromatic nitrogens is 2. The predicted octanol–water partition coefficient (Wildman–Crippen LogP) is 2.99. The van der Waals surface area contributed by atoms with Gasteiger partial charge in [0.1, 0.15) is 11.9 Å². The number of nitrogens with zero attached hydrogens (tertiary/aromatic N) is 2. The molecule has 1 N–H and O–H groups in total. The molecule has 0 aliphatic rings. The molecule has 0 aliphatic carbocycles. The van der Waals surface area contributed by atoms with Gasteiger partial charge in [0.15, 0.2) is 0 Å². The van der Waals surface area contributed by atoms with Crippen LogP contribution in [0.5, 0.6) is 0 Å². The van der Waals surface area contributed by atoms with E-state index in [4.69, 9.17) is 0 Å². The summed E-state index contributed by atoms with van der Waals surface area (Å²) in [6, 6.07) is 6.60. The first kappa shape index (κ1) is 12.8. The zero-order valence-corrected chi connectivity index (χ0v) is 10.8. The van der Waals surface area contributed by atoms with Gasteiger partial charge in [-0.1, -0.05) is 12.1 Å². The van der Waals surface area contributed by atoms with Crippen molar-refractivity contribution in [1.82, 2.24) is 9.78 Å². The van der Waals surface area contributed by atoms with E-state index in [2.05, 4.69) is 5.10 Å².